The number of amides is 1. The molecule has 6 heteroatoms. The number of hydrogen-bond acceptors (Lipinski definition) is 4. The van der Waals surface area contributed by atoms with Crippen LogP contribution in [0, 0.1) is 17.8 Å². The van der Waals surface area contributed by atoms with Gasteiger partial charge in [-0.05, 0) is 37.0 Å². The Bertz CT molecular complexity index is 569. The van der Waals surface area contributed by atoms with Gasteiger partial charge in [0, 0.05) is 13.0 Å². The Hall–Kier alpha value is -1.43. The number of nitrogens with zero attached hydrogens (tertiary/aromatic N) is 3. The first-order valence-corrected chi connectivity index (χ1v) is 9.34. The third-order valence-corrected chi connectivity index (χ3v) is 5.52. The molecule has 1 saturated carbocycles. The maximum Gasteiger partial charge on any atom is 0.246 e. The lowest BCUT2D eigenvalue weighted by Crippen LogP contribution is -2.37. The van der Waals surface area contributed by atoms with Crippen molar-refractivity contribution in [2.75, 3.05) is 6.61 Å². The number of hydrogen-bond donors (Lipinski definition) is 1. The largest absolute Gasteiger partial charge is 0.368 e. The van der Waals surface area contributed by atoms with Gasteiger partial charge in [0.05, 0.1) is 12.6 Å². The Labute approximate surface area is 144 Å². The highest BCUT2D eigenvalue weighted by molar-refractivity contribution is 5.77. The lowest BCUT2D eigenvalue weighted by molar-refractivity contribution is -0.131. The number of aromatic nitrogens is 3. The fourth-order valence-corrected chi connectivity index (χ4v) is 4.06. The van der Waals surface area contributed by atoms with Crippen LogP contribution in [0.15, 0.2) is 0 Å². The van der Waals surface area contributed by atoms with E-state index in [9.17, 15) is 4.79 Å². The number of fused-ring (bicyclic) bond motifs is 1. The molecule has 2 aliphatic rings. The standard InChI is InChI=1S/C18H30N4O2/c1-12(2)14-7-6-13(3)9-15(14)24-11-18(23)19-10-17-21-20-16-5-4-8-22(16)17/h12-15H,4-11H2,1-3H3,(H,19,23)/t13-,14+,15+/m1/s1. The van der Waals surface area contributed by atoms with E-state index >= 15 is 0 Å². The van der Waals surface area contributed by atoms with Crippen LogP contribution in [0.1, 0.15) is 58.1 Å². The summed E-state index contributed by atoms with van der Waals surface area (Å²) in [7, 11) is 0. The summed E-state index contributed by atoms with van der Waals surface area (Å²) in [6.07, 6.45) is 5.85. The number of rotatable bonds is 6. The Morgan fingerprint density at radius 1 is 1.38 bits per heavy atom. The van der Waals surface area contributed by atoms with Gasteiger partial charge >= 0.3 is 0 Å². The third-order valence-electron chi connectivity index (χ3n) is 5.52. The summed E-state index contributed by atoms with van der Waals surface area (Å²) >= 11 is 0. The summed E-state index contributed by atoms with van der Waals surface area (Å²) in [5.41, 5.74) is 0. The molecule has 0 aromatic carbocycles. The second kappa shape index (κ2) is 7.64. The molecule has 1 fully saturated rings. The van der Waals surface area contributed by atoms with Gasteiger partial charge in [0.2, 0.25) is 5.91 Å². The molecule has 3 rings (SSSR count). The van der Waals surface area contributed by atoms with Gasteiger partial charge in [-0.1, -0.05) is 27.2 Å². The Balaban J connectivity index is 1.46. The highest BCUT2D eigenvalue weighted by Gasteiger charge is 2.31. The van der Waals surface area contributed by atoms with Gasteiger partial charge in [-0.15, -0.1) is 10.2 Å². The fraction of sp³-hybridized carbons (Fsp3) is 0.833. The Kier molecular flexibility index (Phi) is 5.54. The third kappa shape index (κ3) is 3.97. The molecule has 3 atom stereocenters. The average molecular weight is 334 g/mol. The molecule has 0 spiro atoms. The lowest BCUT2D eigenvalue weighted by atomic mass is 9.75. The van der Waals surface area contributed by atoms with Gasteiger partial charge in [-0.25, -0.2) is 0 Å². The van der Waals surface area contributed by atoms with Crippen molar-refractivity contribution in [3.8, 4) is 0 Å². The molecular formula is C18H30N4O2. The van der Waals surface area contributed by atoms with Gasteiger partial charge in [0.1, 0.15) is 12.4 Å². The molecule has 1 amide bonds. The average Bonchev–Trinajstić information content (AvgIpc) is 3.14. The van der Waals surface area contributed by atoms with Crippen LogP contribution < -0.4 is 5.32 Å². The van der Waals surface area contributed by atoms with Gasteiger partial charge in [0.15, 0.2) is 5.82 Å². The topological polar surface area (TPSA) is 69.0 Å². The van der Waals surface area contributed by atoms with Crippen LogP contribution in [0.4, 0.5) is 0 Å². The molecule has 6 nitrogen and oxygen atoms in total. The zero-order valence-corrected chi connectivity index (χ0v) is 15.1. The van der Waals surface area contributed by atoms with Crippen LogP contribution in [-0.4, -0.2) is 33.4 Å². The number of carbonyl (C=O) groups is 1. The predicted octanol–water partition coefficient (Wildman–Crippen LogP) is 2.32. The zero-order chi connectivity index (χ0) is 17.1. The van der Waals surface area contributed by atoms with Gasteiger partial charge in [0.25, 0.3) is 0 Å². The minimum Gasteiger partial charge on any atom is -0.368 e. The minimum absolute atomic E-state index is 0.0638. The highest BCUT2D eigenvalue weighted by Crippen LogP contribution is 2.35. The molecule has 1 aromatic rings. The quantitative estimate of drug-likeness (QED) is 0.867. The summed E-state index contributed by atoms with van der Waals surface area (Å²) < 4.78 is 8.11. The Morgan fingerprint density at radius 2 is 2.21 bits per heavy atom. The van der Waals surface area contributed by atoms with Gasteiger partial charge < -0.3 is 14.6 Å². The van der Waals surface area contributed by atoms with Crippen molar-refractivity contribution >= 4 is 5.91 Å². The van der Waals surface area contributed by atoms with Crippen molar-refractivity contribution in [2.45, 2.75) is 72.1 Å². The van der Waals surface area contributed by atoms with E-state index < -0.39 is 0 Å². The molecule has 1 aromatic heterocycles. The lowest BCUT2D eigenvalue weighted by Gasteiger charge is -2.37. The number of ether oxygens (including phenoxy) is 1. The molecule has 1 aliphatic heterocycles. The van der Waals surface area contributed by atoms with Crippen LogP contribution in [0.5, 0.6) is 0 Å². The normalized spacial score (nSPS) is 26.6. The van der Waals surface area contributed by atoms with Crippen molar-refractivity contribution in [2.24, 2.45) is 17.8 Å². The second-order valence-electron chi connectivity index (χ2n) is 7.74. The molecule has 0 bridgehead atoms. The molecule has 0 radical (unpaired) electrons. The van der Waals surface area contributed by atoms with Gasteiger partial charge in [-0.3, -0.25) is 4.79 Å². The van der Waals surface area contributed by atoms with Crippen molar-refractivity contribution in [1.29, 1.82) is 0 Å². The van der Waals surface area contributed by atoms with Crippen LogP contribution >= 0.6 is 0 Å². The van der Waals surface area contributed by atoms with Gasteiger partial charge in [-0.2, -0.15) is 0 Å². The van der Waals surface area contributed by atoms with E-state index in [1.165, 1.54) is 12.8 Å². The summed E-state index contributed by atoms with van der Waals surface area (Å²) in [6, 6.07) is 0. The first-order chi connectivity index (χ1) is 11.5. The van der Waals surface area contributed by atoms with Crippen molar-refractivity contribution in [3.05, 3.63) is 11.6 Å². The molecule has 1 N–H and O–H groups in total. The van der Waals surface area contributed by atoms with E-state index in [1.54, 1.807) is 0 Å². The van der Waals surface area contributed by atoms with Crippen molar-refractivity contribution in [3.63, 3.8) is 0 Å². The monoisotopic (exact) mass is 334 g/mol. The summed E-state index contributed by atoms with van der Waals surface area (Å²) in [5.74, 6) is 3.67. The molecule has 0 saturated heterocycles. The van der Waals surface area contributed by atoms with Crippen molar-refractivity contribution < 1.29 is 9.53 Å². The molecule has 1 aliphatic carbocycles. The smallest absolute Gasteiger partial charge is 0.246 e. The summed E-state index contributed by atoms with van der Waals surface area (Å²) in [4.78, 5) is 12.1. The molecular weight excluding hydrogens is 304 g/mol. The molecule has 24 heavy (non-hydrogen) atoms. The zero-order valence-electron chi connectivity index (χ0n) is 15.1. The first-order valence-electron chi connectivity index (χ1n) is 9.34. The Morgan fingerprint density at radius 3 is 3.00 bits per heavy atom. The summed E-state index contributed by atoms with van der Waals surface area (Å²) in [5, 5.41) is 11.2. The minimum atomic E-state index is -0.0638. The van der Waals surface area contributed by atoms with Crippen LogP contribution in [0.25, 0.3) is 0 Å². The molecule has 0 unspecified atom stereocenters. The second-order valence-corrected chi connectivity index (χ2v) is 7.74. The van der Waals surface area contributed by atoms with Crippen molar-refractivity contribution in [1.82, 2.24) is 20.1 Å². The van der Waals surface area contributed by atoms with E-state index in [-0.39, 0.29) is 18.6 Å². The van der Waals surface area contributed by atoms with E-state index in [1.807, 2.05) is 0 Å². The summed E-state index contributed by atoms with van der Waals surface area (Å²) in [6.45, 7) is 8.32. The first kappa shape index (κ1) is 17.4. The predicted molar refractivity (Wildman–Crippen MR) is 91.3 cm³/mol. The molecule has 2 heterocycles. The van der Waals surface area contributed by atoms with Crippen LogP contribution in [0.3, 0.4) is 0 Å². The number of aryl methyl sites for hydroxylation is 1. The van der Waals surface area contributed by atoms with E-state index in [4.69, 9.17) is 4.74 Å². The molecule has 134 valence electrons. The SMILES string of the molecule is CC(C)[C@@H]1CC[C@@H](C)C[C@@H]1OCC(=O)NCc1nnc2n1CCC2. The van der Waals surface area contributed by atoms with Crippen LogP contribution in [0.2, 0.25) is 0 Å². The van der Waals surface area contributed by atoms with E-state index in [0.717, 1.165) is 37.5 Å². The van der Waals surface area contributed by atoms with E-state index in [0.29, 0.717) is 24.3 Å². The maximum atomic E-state index is 12.1. The number of carbonyl (C=O) groups excluding carboxylic acids is 1. The highest BCUT2D eigenvalue weighted by atomic mass is 16.5. The van der Waals surface area contributed by atoms with E-state index in [2.05, 4.69) is 40.9 Å². The number of nitrogens with one attached hydrogen (secondary N) is 1. The maximum absolute atomic E-state index is 12.1. The van der Waals surface area contributed by atoms with Crippen LogP contribution in [-0.2, 0) is 29.0 Å². The fourth-order valence-electron chi connectivity index (χ4n) is 4.06.